The van der Waals surface area contributed by atoms with E-state index in [2.05, 4.69) is 26.5 Å². The number of anilines is 1. The number of aromatic nitrogens is 2. The lowest BCUT2D eigenvalue weighted by molar-refractivity contribution is -0.141. The lowest BCUT2D eigenvalue weighted by Crippen LogP contribution is -2.52. The van der Waals surface area contributed by atoms with E-state index in [1.807, 2.05) is 0 Å². The second kappa shape index (κ2) is 16.1. The van der Waals surface area contributed by atoms with Crippen LogP contribution in [0.2, 0.25) is 0 Å². The Morgan fingerprint density at radius 1 is 0.982 bits per heavy atom. The van der Waals surface area contributed by atoms with E-state index in [0.717, 1.165) is 30.0 Å². The number of nitriles is 1. The molecule has 1 aromatic heterocycles. The van der Waals surface area contributed by atoms with E-state index < -0.39 is 62.6 Å². The van der Waals surface area contributed by atoms with Crippen LogP contribution in [-0.4, -0.2) is 36.6 Å². The van der Waals surface area contributed by atoms with Crippen molar-refractivity contribution in [3.63, 3.8) is 0 Å². The summed E-state index contributed by atoms with van der Waals surface area (Å²) in [6, 6.07) is 19.5. The van der Waals surface area contributed by atoms with Gasteiger partial charge in [-0.05, 0) is 113 Å². The van der Waals surface area contributed by atoms with Crippen molar-refractivity contribution in [2.24, 2.45) is 5.92 Å². The van der Waals surface area contributed by atoms with E-state index in [4.69, 9.17) is 4.74 Å². The number of hydrogen-bond acceptors (Lipinski definition) is 7. The van der Waals surface area contributed by atoms with Crippen LogP contribution in [0.5, 0.6) is 0 Å². The predicted octanol–water partition coefficient (Wildman–Crippen LogP) is 8.66. The van der Waals surface area contributed by atoms with Gasteiger partial charge in [0.1, 0.15) is 28.4 Å². The minimum absolute atomic E-state index is 0.0533. The molecule has 2 atom stereocenters. The molecule has 10 nitrogen and oxygen atoms in total. The molecular weight excluding hydrogens is 737 g/mol. The first kappa shape index (κ1) is 41.3. The van der Waals surface area contributed by atoms with Crippen LogP contribution < -0.4 is 15.4 Å². The van der Waals surface area contributed by atoms with Gasteiger partial charge >= 0.3 is 12.3 Å². The van der Waals surface area contributed by atoms with Crippen molar-refractivity contribution in [2.45, 2.75) is 95.8 Å². The fraction of sp³-hybridized carbons (Fsp3) is 0.400. The highest BCUT2D eigenvalue weighted by molar-refractivity contribution is 7.90. The van der Waals surface area contributed by atoms with Gasteiger partial charge in [-0.2, -0.15) is 23.5 Å². The molecule has 3 N–H and O–H groups in total. The zero-order chi connectivity index (χ0) is 40.3. The fourth-order valence-electron chi connectivity index (χ4n) is 5.84. The molecule has 0 aliphatic heterocycles. The van der Waals surface area contributed by atoms with Gasteiger partial charge in [-0.25, -0.2) is 13.9 Å². The topological polar surface area (TPSA) is 144 Å². The minimum Gasteiger partial charge on any atom is -0.598 e. The number of amides is 2. The van der Waals surface area contributed by atoms with Gasteiger partial charge < -0.3 is 19.9 Å². The maximum atomic E-state index is 15.7. The Balaban J connectivity index is 1.54. The maximum absolute atomic E-state index is 15.7. The second-order valence-electron chi connectivity index (χ2n) is 15.7. The van der Waals surface area contributed by atoms with Gasteiger partial charge in [0.05, 0.1) is 23.0 Å². The number of hydrogen-bond donors (Lipinski definition) is 3. The summed E-state index contributed by atoms with van der Waals surface area (Å²) in [5.74, 6) is -1.53. The Kier molecular flexibility index (Phi) is 12.0. The Morgan fingerprint density at radius 2 is 1.67 bits per heavy atom. The van der Waals surface area contributed by atoms with Crippen LogP contribution in [0, 0.1) is 23.1 Å². The van der Waals surface area contributed by atoms with E-state index in [0.29, 0.717) is 40.7 Å². The van der Waals surface area contributed by atoms with E-state index in [9.17, 15) is 32.6 Å². The molecule has 0 saturated heterocycles. The molecule has 1 fully saturated rings. The molecule has 0 spiro atoms. The van der Waals surface area contributed by atoms with Gasteiger partial charge in [-0.15, -0.1) is 4.72 Å². The van der Waals surface area contributed by atoms with E-state index >= 15 is 4.39 Å². The Labute approximate surface area is 321 Å². The monoisotopic (exact) mass is 780 g/mol. The third-order valence-electron chi connectivity index (χ3n) is 8.87. The maximum Gasteiger partial charge on any atom is 0.435 e. The molecule has 5 rings (SSSR count). The van der Waals surface area contributed by atoms with Gasteiger partial charge in [-0.1, -0.05) is 43.2 Å². The van der Waals surface area contributed by atoms with Crippen LogP contribution in [-0.2, 0) is 34.4 Å². The minimum atomic E-state index is -4.93. The summed E-state index contributed by atoms with van der Waals surface area (Å²) in [6.07, 6.45) is -2.45. The summed E-state index contributed by atoms with van der Waals surface area (Å²) < 4.78 is 80.2. The van der Waals surface area contributed by atoms with Crippen molar-refractivity contribution in [1.82, 2.24) is 19.8 Å². The number of alkyl carbamates (subject to hydrolysis) is 1. The molecule has 3 aromatic carbocycles. The zero-order valence-corrected chi connectivity index (χ0v) is 32.3. The van der Waals surface area contributed by atoms with Gasteiger partial charge in [-0.3, -0.25) is 4.79 Å². The van der Waals surface area contributed by atoms with Crippen molar-refractivity contribution < 1.29 is 36.4 Å². The molecule has 1 saturated carbocycles. The van der Waals surface area contributed by atoms with Crippen LogP contribution in [0.25, 0.3) is 5.69 Å². The Morgan fingerprint density at radius 3 is 2.31 bits per heavy atom. The summed E-state index contributed by atoms with van der Waals surface area (Å²) >= 11 is -1.67. The molecule has 1 heterocycles. The van der Waals surface area contributed by atoms with E-state index in [-0.39, 0.29) is 18.0 Å². The molecule has 55 heavy (non-hydrogen) atoms. The number of rotatable bonds is 12. The van der Waals surface area contributed by atoms with Crippen molar-refractivity contribution in [3.05, 3.63) is 112 Å². The molecule has 0 radical (unpaired) electrons. The van der Waals surface area contributed by atoms with E-state index in [1.54, 1.807) is 71.9 Å². The highest BCUT2D eigenvalue weighted by Crippen LogP contribution is 2.43. The third kappa shape index (κ3) is 10.4. The lowest BCUT2D eigenvalue weighted by Gasteiger charge is -2.39. The number of halogens is 4. The molecule has 4 aromatic rings. The quantitative estimate of drug-likeness (QED) is 0.0964. The van der Waals surface area contributed by atoms with Crippen molar-refractivity contribution in [3.8, 4) is 11.8 Å². The number of carbonyl (C=O) groups excluding carboxylic acids is 2. The smallest absolute Gasteiger partial charge is 0.435 e. The van der Waals surface area contributed by atoms with Gasteiger partial charge in [0.15, 0.2) is 5.69 Å². The first-order chi connectivity index (χ1) is 25.7. The SMILES string of the molecule is CC(C)(C)NC(=O)OCc1cccc(-n2nc(C(F)(F)F)cc2C(=O)Nc2cc([C@](CCC3CC3)(N[S@+]([O-])C(C)(C)C)c3cccc(C#N)c3)ccc2F)c1. The molecule has 15 heteroatoms. The first-order valence-electron chi connectivity index (χ1n) is 17.7. The summed E-state index contributed by atoms with van der Waals surface area (Å²) in [7, 11) is 0. The Bertz CT molecular complexity index is 2080. The van der Waals surface area contributed by atoms with E-state index in [1.165, 1.54) is 30.3 Å². The Hall–Kier alpha value is -4.91. The van der Waals surface area contributed by atoms with Crippen molar-refractivity contribution in [1.29, 1.82) is 5.26 Å². The summed E-state index contributed by atoms with van der Waals surface area (Å²) in [4.78, 5) is 26.1. The predicted molar refractivity (Wildman–Crippen MR) is 201 cm³/mol. The van der Waals surface area contributed by atoms with Crippen LogP contribution in [0.4, 0.5) is 28.0 Å². The van der Waals surface area contributed by atoms with Crippen LogP contribution in [0.15, 0.2) is 72.8 Å². The highest BCUT2D eigenvalue weighted by Gasteiger charge is 2.44. The average Bonchev–Trinajstić information content (AvgIpc) is 3.82. The summed E-state index contributed by atoms with van der Waals surface area (Å²) in [5, 5.41) is 18.5. The molecule has 0 unspecified atom stereocenters. The number of nitrogens with zero attached hydrogens (tertiary/aromatic N) is 3. The van der Waals surface area contributed by atoms with Crippen LogP contribution in [0.3, 0.4) is 0 Å². The zero-order valence-electron chi connectivity index (χ0n) is 31.4. The van der Waals surface area contributed by atoms with Crippen LogP contribution >= 0.6 is 0 Å². The molecule has 0 bridgehead atoms. The average molecular weight is 781 g/mol. The van der Waals surface area contributed by atoms with Gasteiger partial charge in [0.2, 0.25) is 0 Å². The first-order valence-corrected chi connectivity index (χ1v) is 18.9. The van der Waals surface area contributed by atoms with Crippen molar-refractivity contribution in [2.75, 3.05) is 5.32 Å². The standard InChI is InChI=1S/C40H44F4N6O4S/c1-37(2,3)47-36(52)54-24-27-10-8-12-30(20-27)50-33(22-34(48-50)40(42,43)44)35(51)46-32-21-29(15-16-31(32)41)39(18-17-25-13-14-25,49-55(53)38(4,5)6)28-11-7-9-26(19-28)23-45/h7-12,15-16,19-22,25,49H,13-14,17-18,24H2,1-6H3,(H,46,51)(H,47,52)/t39-,55-/m1/s1. The molecule has 292 valence electrons. The number of benzene rings is 3. The number of carbonyl (C=O) groups is 2. The summed E-state index contributed by atoms with van der Waals surface area (Å²) in [6.45, 7) is 10.5. The third-order valence-corrected chi connectivity index (χ3v) is 10.5. The van der Waals surface area contributed by atoms with Gasteiger partial charge in [0.25, 0.3) is 5.91 Å². The molecule has 1 aliphatic carbocycles. The lowest BCUT2D eigenvalue weighted by atomic mass is 9.79. The summed E-state index contributed by atoms with van der Waals surface area (Å²) in [5.41, 5.74) is -2.21. The van der Waals surface area contributed by atoms with Crippen molar-refractivity contribution >= 4 is 29.0 Å². The largest absolute Gasteiger partial charge is 0.598 e. The number of nitrogens with one attached hydrogen (secondary N) is 3. The highest BCUT2D eigenvalue weighted by atomic mass is 32.2. The second-order valence-corrected chi connectivity index (χ2v) is 17.6. The normalized spacial score (nSPS) is 15.1. The number of ether oxygens (including phenoxy) is 1. The van der Waals surface area contributed by atoms with Gasteiger partial charge in [0, 0.05) is 23.0 Å². The fourth-order valence-corrected chi connectivity index (χ4v) is 6.80. The molecule has 1 aliphatic rings. The van der Waals surface area contributed by atoms with Crippen LogP contribution in [0.1, 0.15) is 106 Å². The molecule has 2 amide bonds. The number of alkyl halides is 3. The molecular formula is C40H44F4N6O4S.